The smallest absolute Gasteiger partial charge is 0.303 e. The third kappa shape index (κ3) is 6.70. The van der Waals surface area contributed by atoms with Crippen LogP contribution in [0.5, 0.6) is 5.75 Å². The van der Waals surface area contributed by atoms with Gasteiger partial charge in [-0.3, -0.25) is 9.59 Å². The highest BCUT2D eigenvalue weighted by Crippen LogP contribution is 2.35. The van der Waals surface area contributed by atoms with Gasteiger partial charge in [0.1, 0.15) is 0 Å². The molecule has 0 aliphatic heterocycles. The van der Waals surface area contributed by atoms with Gasteiger partial charge in [0.15, 0.2) is 11.6 Å². The molecule has 0 saturated heterocycles. The zero-order chi connectivity index (χ0) is 25.5. The lowest BCUT2D eigenvalue weighted by Crippen LogP contribution is -2.18. The summed E-state index contributed by atoms with van der Waals surface area (Å²) in [5.74, 6) is -1.89. The molecule has 3 rings (SSSR count). The average Bonchev–Trinajstić information content (AvgIpc) is 2.81. The van der Waals surface area contributed by atoms with Crippen molar-refractivity contribution in [1.82, 2.24) is 4.57 Å². The van der Waals surface area contributed by atoms with E-state index in [0.717, 1.165) is 11.1 Å². The van der Waals surface area contributed by atoms with E-state index in [2.05, 4.69) is 5.16 Å². The zero-order valence-corrected chi connectivity index (χ0v) is 20.1. The molecule has 0 saturated carbocycles. The number of aliphatic carboxylic acids is 1. The first-order chi connectivity index (χ1) is 16.7. The van der Waals surface area contributed by atoms with E-state index in [9.17, 15) is 19.2 Å². The van der Waals surface area contributed by atoms with E-state index in [4.69, 9.17) is 21.4 Å². The minimum absolute atomic E-state index is 0.0276. The first-order valence-electron chi connectivity index (χ1n) is 11.0. The van der Waals surface area contributed by atoms with Crippen LogP contribution in [0.15, 0.2) is 64.7 Å². The molecule has 9 heteroatoms. The summed E-state index contributed by atoms with van der Waals surface area (Å²) in [5, 5.41) is 22.6. The lowest BCUT2D eigenvalue weighted by molar-refractivity contribution is -0.137. The fraction of sp³-hybridized carbons (Fsp3) is 0.269. The van der Waals surface area contributed by atoms with E-state index in [0.29, 0.717) is 21.9 Å². The Balaban J connectivity index is 1.96. The maximum Gasteiger partial charge on any atom is 0.303 e. The molecule has 35 heavy (non-hydrogen) atoms. The predicted octanol–water partition coefficient (Wildman–Crippen LogP) is 5.13. The molecule has 1 heterocycles. The number of aryl methyl sites for hydroxylation is 2. The lowest BCUT2D eigenvalue weighted by atomic mass is 9.83. The van der Waals surface area contributed by atoms with Crippen molar-refractivity contribution in [2.45, 2.75) is 32.1 Å². The van der Waals surface area contributed by atoms with E-state index < -0.39 is 17.7 Å². The Bertz CT molecular complexity index is 1310. The third-order valence-corrected chi connectivity index (χ3v) is 5.93. The van der Waals surface area contributed by atoms with Gasteiger partial charge in [0.25, 0.3) is 0 Å². The second-order valence-corrected chi connectivity index (χ2v) is 8.64. The normalized spacial score (nSPS) is 12.4. The third-order valence-electron chi connectivity index (χ3n) is 5.70. The van der Waals surface area contributed by atoms with Crippen LogP contribution in [0.4, 0.5) is 4.39 Å². The van der Waals surface area contributed by atoms with Crippen molar-refractivity contribution < 1.29 is 24.2 Å². The van der Waals surface area contributed by atoms with Crippen molar-refractivity contribution in [3.8, 4) is 5.75 Å². The molecule has 0 spiro atoms. The van der Waals surface area contributed by atoms with Crippen LogP contribution in [0.3, 0.4) is 0 Å². The molecule has 0 amide bonds. The monoisotopic (exact) mass is 500 g/mol. The summed E-state index contributed by atoms with van der Waals surface area (Å²) in [6, 6.07) is 13.0. The molecule has 0 radical (unpaired) electrons. The Kier molecular flexibility index (Phi) is 8.65. The molecule has 1 aromatic heterocycles. The van der Waals surface area contributed by atoms with Crippen LogP contribution in [0, 0.1) is 12.7 Å². The number of carboxylic acids is 1. The van der Waals surface area contributed by atoms with Gasteiger partial charge < -0.3 is 19.6 Å². The SMILES string of the molecule is Cc1cc(Cl)ccc1C(CC(=NO)c1ccc(=O)n(C)c1)c1ccc(OCCCC(=O)O)c(F)c1. The molecule has 0 bridgehead atoms. The second-order valence-electron chi connectivity index (χ2n) is 8.21. The van der Waals surface area contributed by atoms with Crippen LogP contribution in [0.1, 0.15) is 47.4 Å². The van der Waals surface area contributed by atoms with Gasteiger partial charge in [-0.25, -0.2) is 4.39 Å². The van der Waals surface area contributed by atoms with Crippen LogP contribution in [0.25, 0.3) is 0 Å². The van der Waals surface area contributed by atoms with Crippen molar-refractivity contribution in [3.05, 3.63) is 98.2 Å². The van der Waals surface area contributed by atoms with Crippen LogP contribution >= 0.6 is 11.6 Å². The fourth-order valence-electron chi connectivity index (χ4n) is 3.87. The van der Waals surface area contributed by atoms with Gasteiger partial charge in [-0.2, -0.15) is 0 Å². The van der Waals surface area contributed by atoms with Gasteiger partial charge in [-0.05, 0) is 60.4 Å². The Morgan fingerprint density at radius 3 is 2.60 bits per heavy atom. The van der Waals surface area contributed by atoms with Gasteiger partial charge in [0.05, 0.1) is 12.3 Å². The molecule has 0 aliphatic carbocycles. The van der Waals surface area contributed by atoms with Crippen LogP contribution in [0.2, 0.25) is 5.02 Å². The summed E-state index contributed by atoms with van der Waals surface area (Å²) in [6.07, 6.45) is 2.00. The molecular formula is C26H26ClFN2O5. The Labute approximate surface area is 207 Å². The van der Waals surface area contributed by atoms with Gasteiger partial charge in [0, 0.05) is 48.7 Å². The predicted molar refractivity (Wildman–Crippen MR) is 131 cm³/mol. The Morgan fingerprint density at radius 1 is 1.20 bits per heavy atom. The molecule has 2 N–H and O–H groups in total. The Hall–Kier alpha value is -3.65. The Morgan fingerprint density at radius 2 is 1.97 bits per heavy atom. The van der Waals surface area contributed by atoms with Gasteiger partial charge in [-0.1, -0.05) is 28.9 Å². The quantitative estimate of drug-likeness (QED) is 0.174. The summed E-state index contributed by atoms with van der Waals surface area (Å²) in [4.78, 5) is 22.4. The number of oxime groups is 1. The first kappa shape index (κ1) is 26.0. The maximum absolute atomic E-state index is 14.9. The van der Waals surface area contributed by atoms with Crippen LogP contribution < -0.4 is 10.3 Å². The summed E-state index contributed by atoms with van der Waals surface area (Å²) in [6.45, 7) is 1.98. The van der Waals surface area contributed by atoms with Crippen molar-refractivity contribution in [2.24, 2.45) is 12.2 Å². The number of halogens is 2. The molecule has 0 aliphatic rings. The van der Waals surface area contributed by atoms with Gasteiger partial charge in [-0.15, -0.1) is 0 Å². The minimum atomic E-state index is -0.939. The van der Waals surface area contributed by atoms with Gasteiger partial charge in [0.2, 0.25) is 5.56 Å². The number of hydrogen-bond donors (Lipinski definition) is 2. The van der Waals surface area contributed by atoms with Crippen LogP contribution in [-0.2, 0) is 11.8 Å². The molecule has 7 nitrogen and oxygen atoms in total. The zero-order valence-electron chi connectivity index (χ0n) is 19.4. The van der Waals surface area contributed by atoms with E-state index in [1.807, 2.05) is 19.1 Å². The van der Waals surface area contributed by atoms with Crippen molar-refractivity contribution in [1.29, 1.82) is 0 Å². The minimum Gasteiger partial charge on any atom is -0.491 e. The second kappa shape index (κ2) is 11.7. The molecule has 1 unspecified atom stereocenters. The van der Waals surface area contributed by atoms with E-state index >= 15 is 0 Å². The number of carboxylic acid groups (broad SMARTS) is 1. The summed E-state index contributed by atoms with van der Waals surface area (Å²) in [7, 11) is 1.60. The maximum atomic E-state index is 14.9. The number of aromatic nitrogens is 1. The molecular weight excluding hydrogens is 475 g/mol. The summed E-state index contributed by atoms with van der Waals surface area (Å²) >= 11 is 6.15. The number of benzene rings is 2. The molecule has 0 fully saturated rings. The summed E-state index contributed by atoms with van der Waals surface area (Å²) < 4.78 is 21.7. The van der Waals surface area contributed by atoms with Crippen molar-refractivity contribution in [3.63, 3.8) is 0 Å². The van der Waals surface area contributed by atoms with Gasteiger partial charge >= 0.3 is 5.97 Å². The number of carbonyl (C=O) groups is 1. The highest BCUT2D eigenvalue weighted by molar-refractivity contribution is 6.30. The lowest BCUT2D eigenvalue weighted by Gasteiger charge is -2.22. The standard InChI is InChI=1S/C26H26ClFN2O5/c1-16-12-19(27)7-8-20(16)21(14-23(29-34)18-6-10-25(31)30(2)15-18)17-5-9-24(22(28)13-17)35-11-3-4-26(32)33/h5-10,12-13,15,21,34H,3-4,11,14H2,1-2H3,(H,32,33). The molecule has 3 aromatic rings. The number of pyridine rings is 1. The summed E-state index contributed by atoms with van der Waals surface area (Å²) in [5.41, 5.74) is 3.07. The molecule has 1 atom stereocenters. The first-order valence-corrected chi connectivity index (χ1v) is 11.4. The van der Waals surface area contributed by atoms with Crippen molar-refractivity contribution >= 4 is 23.3 Å². The number of nitrogens with zero attached hydrogens (tertiary/aromatic N) is 2. The fourth-order valence-corrected chi connectivity index (χ4v) is 4.09. The van der Waals surface area contributed by atoms with Crippen LogP contribution in [-0.4, -0.2) is 33.2 Å². The average molecular weight is 501 g/mol. The number of rotatable bonds is 10. The van der Waals surface area contributed by atoms with E-state index in [-0.39, 0.29) is 37.2 Å². The number of ether oxygens (including phenoxy) is 1. The van der Waals surface area contributed by atoms with E-state index in [1.165, 1.54) is 22.8 Å². The highest BCUT2D eigenvalue weighted by Gasteiger charge is 2.22. The number of hydrogen-bond acceptors (Lipinski definition) is 5. The highest BCUT2D eigenvalue weighted by atomic mass is 35.5. The molecule has 184 valence electrons. The topological polar surface area (TPSA) is 101 Å². The van der Waals surface area contributed by atoms with Crippen molar-refractivity contribution in [2.75, 3.05) is 6.61 Å². The molecule has 2 aromatic carbocycles. The largest absolute Gasteiger partial charge is 0.491 e. The van der Waals surface area contributed by atoms with E-state index in [1.54, 1.807) is 31.4 Å².